The van der Waals surface area contributed by atoms with E-state index in [9.17, 15) is 9.59 Å². The molecule has 3 amide bonds. The van der Waals surface area contributed by atoms with Crippen LogP contribution in [0.4, 0.5) is 4.79 Å². The summed E-state index contributed by atoms with van der Waals surface area (Å²) in [5, 5.41) is 16.6. The second-order valence-corrected chi connectivity index (χ2v) is 7.33. The lowest BCUT2D eigenvalue weighted by atomic mass is 10.1. The summed E-state index contributed by atoms with van der Waals surface area (Å²) in [5.41, 5.74) is 2.82. The molecule has 2 N–H and O–H groups in total. The zero-order chi connectivity index (χ0) is 18.8. The predicted molar refractivity (Wildman–Crippen MR) is 105 cm³/mol. The van der Waals surface area contributed by atoms with Crippen LogP contribution in [0.5, 0.6) is 0 Å². The zero-order valence-corrected chi connectivity index (χ0v) is 15.8. The molecule has 0 aliphatic rings. The number of fused-ring (bicyclic) bond motifs is 3. The Morgan fingerprint density at radius 3 is 2.81 bits per heavy atom. The van der Waals surface area contributed by atoms with E-state index in [1.165, 1.54) is 18.8 Å². The summed E-state index contributed by atoms with van der Waals surface area (Å²) >= 11 is 2.74. The molecule has 0 fully saturated rings. The lowest BCUT2D eigenvalue weighted by Gasteiger charge is -2.03. The quantitative estimate of drug-likeness (QED) is 0.512. The molecule has 0 saturated heterocycles. The maximum Gasteiger partial charge on any atom is 0.321 e. The molecule has 0 atom stereocenters. The smallest absolute Gasteiger partial charge is 0.321 e. The highest BCUT2D eigenvalue weighted by Gasteiger charge is 2.17. The molecule has 0 aliphatic carbocycles. The lowest BCUT2D eigenvalue weighted by Crippen LogP contribution is -2.38. The fraction of sp³-hybridized carbons (Fsp3) is 0.118. The number of thioether (sulfide) groups is 1. The van der Waals surface area contributed by atoms with Crippen LogP contribution in [-0.4, -0.2) is 44.3 Å². The van der Waals surface area contributed by atoms with Gasteiger partial charge in [0, 0.05) is 18.0 Å². The highest BCUT2D eigenvalue weighted by Crippen LogP contribution is 2.35. The number of imide groups is 1. The summed E-state index contributed by atoms with van der Waals surface area (Å²) in [7, 11) is 1.45. The van der Waals surface area contributed by atoms with Gasteiger partial charge in [0.25, 0.3) is 0 Å². The Morgan fingerprint density at radius 1 is 1.22 bits per heavy atom. The summed E-state index contributed by atoms with van der Waals surface area (Å²) in [6.07, 6.45) is 1.65. The minimum Gasteiger partial charge on any atom is -0.341 e. The van der Waals surface area contributed by atoms with Gasteiger partial charge < -0.3 is 5.32 Å². The average molecular weight is 398 g/mol. The van der Waals surface area contributed by atoms with Crippen LogP contribution in [0.3, 0.4) is 0 Å². The number of nitrogens with zero attached hydrogens (tertiary/aromatic N) is 4. The van der Waals surface area contributed by atoms with Crippen molar-refractivity contribution in [1.29, 1.82) is 0 Å². The van der Waals surface area contributed by atoms with E-state index < -0.39 is 11.9 Å². The molecule has 0 aliphatic heterocycles. The molecule has 10 heteroatoms. The number of hydrogen-bond acceptors (Lipinski definition) is 7. The molecule has 0 bridgehead atoms. The van der Waals surface area contributed by atoms with Crippen LogP contribution in [0.15, 0.2) is 47.2 Å². The summed E-state index contributed by atoms with van der Waals surface area (Å²) in [6.45, 7) is 0. The van der Waals surface area contributed by atoms with Crippen molar-refractivity contribution in [3.63, 3.8) is 0 Å². The van der Waals surface area contributed by atoms with E-state index in [0.717, 1.165) is 21.3 Å². The van der Waals surface area contributed by atoms with Crippen molar-refractivity contribution < 1.29 is 9.59 Å². The van der Waals surface area contributed by atoms with Gasteiger partial charge in [-0.1, -0.05) is 42.1 Å². The highest BCUT2D eigenvalue weighted by molar-refractivity contribution is 7.99. The fourth-order valence-electron chi connectivity index (χ4n) is 2.60. The van der Waals surface area contributed by atoms with Gasteiger partial charge >= 0.3 is 6.03 Å². The number of carbonyl (C=O) groups is 2. The van der Waals surface area contributed by atoms with Gasteiger partial charge in [-0.05, 0) is 5.56 Å². The Balaban J connectivity index is 1.67. The van der Waals surface area contributed by atoms with Gasteiger partial charge in [-0.25, -0.2) is 9.78 Å². The first-order chi connectivity index (χ1) is 13.2. The van der Waals surface area contributed by atoms with Crippen LogP contribution >= 0.6 is 23.1 Å². The fourth-order valence-corrected chi connectivity index (χ4v) is 4.22. The summed E-state index contributed by atoms with van der Waals surface area (Å²) in [5.74, 6) is -0.368. The monoisotopic (exact) mass is 398 g/mol. The number of hydrogen-bond donors (Lipinski definition) is 2. The minimum absolute atomic E-state index is 0.0431. The van der Waals surface area contributed by atoms with Gasteiger partial charge in [0.2, 0.25) is 5.91 Å². The maximum absolute atomic E-state index is 11.8. The van der Waals surface area contributed by atoms with Crippen molar-refractivity contribution in [3.8, 4) is 11.1 Å². The van der Waals surface area contributed by atoms with Gasteiger partial charge in [0.05, 0.1) is 11.1 Å². The normalized spacial score (nSPS) is 11.0. The molecule has 27 heavy (non-hydrogen) atoms. The van der Waals surface area contributed by atoms with Crippen LogP contribution in [-0.2, 0) is 4.79 Å². The van der Waals surface area contributed by atoms with Gasteiger partial charge in [-0.15, -0.1) is 21.5 Å². The third-order valence-corrected chi connectivity index (χ3v) is 5.68. The molecule has 4 aromatic rings. The summed E-state index contributed by atoms with van der Waals surface area (Å²) in [4.78, 5) is 28.4. The number of aromatic nitrogens is 4. The van der Waals surface area contributed by atoms with Gasteiger partial charge in [0.1, 0.15) is 11.2 Å². The number of nitrogens with one attached hydrogen (secondary N) is 2. The van der Waals surface area contributed by atoms with Gasteiger partial charge in [-0.2, -0.15) is 0 Å². The van der Waals surface area contributed by atoms with Crippen LogP contribution in [0.25, 0.3) is 27.0 Å². The van der Waals surface area contributed by atoms with E-state index >= 15 is 0 Å². The largest absolute Gasteiger partial charge is 0.341 e. The highest BCUT2D eigenvalue weighted by atomic mass is 32.2. The van der Waals surface area contributed by atoms with Gasteiger partial charge in [-0.3, -0.25) is 14.5 Å². The third-order valence-electron chi connectivity index (χ3n) is 3.85. The number of urea groups is 1. The second kappa shape index (κ2) is 7.33. The SMILES string of the molecule is CNC(=O)NC(=O)CSc1nnc2c3c(-c4ccccc4)csc3ncn12. The van der Waals surface area contributed by atoms with Crippen molar-refractivity contribution in [2.75, 3.05) is 12.8 Å². The van der Waals surface area contributed by atoms with Crippen LogP contribution in [0.2, 0.25) is 0 Å². The summed E-state index contributed by atoms with van der Waals surface area (Å²) < 4.78 is 1.76. The molecule has 0 unspecified atom stereocenters. The van der Waals surface area contributed by atoms with E-state index in [0.29, 0.717) is 10.8 Å². The number of carbonyl (C=O) groups excluding carboxylic acids is 2. The Labute approximate surface area is 162 Å². The van der Waals surface area contributed by atoms with Crippen LogP contribution < -0.4 is 10.6 Å². The molecular weight excluding hydrogens is 384 g/mol. The van der Waals surface area contributed by atoms with E-state index in [2.05, 4.69) is 31.2 Å². The maximum atomic E-state index is 11.8. The predicted octanol–water partition coefficient (Wildman–Crippen LogP) is 2.55. The Hall–Kier alpha value is -2.98. The van der Waals surface area contributed by atoms with Crippen molar-refractivity contribution in [1.82, 2.24) is 30.2 Å². The molecule has 0 saturated carbocycles. The van der Waals surface area contributed by atoms with E-state index in [4.69, 9.17) is 0 Å². The topological polar surface area (TPSA) is 101 Å². The molecule has 3 heterocycles. The number of benzene rings is 1. The van der Waals surface area contributed by atoms with Crippen LogP contribution in [0.1, 0.15) is 0 Å². The minimum atomic E-state index is -0.541. The van der Waals surface area contributed by atoms with Crippen LogP contribution in [0, 0.1) is 0 Å². The second-order valence-electron chi connectivity index (χ2n) is 5.53. The molecule has 0 radical (unpaired) electrons. The first kappa shape index (κ1) is 17.4. The van der Waals surface area contributed by atoms with E-state index in [1.807, 2.05) is 30.3 Å². The number of thiophene rings is 1. The average Bonchev–Trinajstić information content (AvgIpc) is 3.30. The standard InChI is InChI=1S/C17H14N6O2S2/c1-18-16(25)20-12(24)8-27-17-22-21-14-13-11(10-5-3-2-4-6-10)7-26-15(13)19-9-23(14)17/h2-7,9H,8H2,1H3,(H2,18,20,24,25). The first-order valence-corrected chi connectivity index (χ1v) is 9.84. The Kier molecular flexibility index (Phi) is 4.73. The molecule has 1 aromatic carbocycles. The first-order valence-electron chi connectivity index (χ1n) is 7.98. The van der Waals surface area contributed by atoms with E-state index in [-0.39, 0.29) is 5.75 Å². The molecule has 0 spiro atoms. The molecule has 136 valence electrons. The molecule has 8 nitrogen and oxygen atoms in total. The van der Waals surface area contributed by atoms with Crippen molar-refractivity contribution >= 4 is 50.9 Å². The molecule has 4 rings (SSSR count). The molecule has 3 aromatic heterocycles. The number of rotatable bonds is 4. The third kappa shape index (κ3) is 3.36. The van der Waals surface area contributed by atoms with Crippen molar-refractivity contribution in [2.24, 2.45) is 0 Å². The van der Waals surface area contributed by atoms with Gasteiger partial charge in [0.15, 0.2) is 10.8 Å². The zero-order valence-electron chi connectivity index (χ0n) is 14.2. The number of amides is 3. The Bertz CT molecular complexity index is 1140. The van der Waals surface area contributed by atoms with Crippen molar-refractivity contribution in [3.05, 3.63) is 42.0 Å². The van der Waals surface area contributed by atoms with E-state index in [1.54, 1.807) is 22.1 Å². The molecular formula is C17H14N6O2S2. The summed E-state index contributed by atoms with van der Waals surface area (Å²) in [6, 6.07) is 9.49. The Morgan fingerprint density at radius 2 is 2.04 bits per heavy atom. The van der Waals surface area contributed by atoms with Crippen molar-refractivity contribution in [2.45, 2.75) is 5.16 Å². The lowest BCUT2D eigenvalue weighted by molar-refractivity contribution is -0.117.